The second-order valence-electron chi connectivity index (χ2n) is 7.97. The Kier molecular flexibility index (Phi) is 6.71. The average Bonchev–Trinajstić information content (AvgIpc) is 3.27. The number of fused-ring (bicyclic) bond motifs is 1. The van der Waals surface area contributed by atoms with E-state index in [0.717, 1.165) is 11.3 Å². The van der Waals surface area contributed by atoms with Gasteiger partial charge in [-0.3, -0.25) is 4.79 Å². The number of rotatable bonds is 7. The van der Waals surface area contributed by atoms with Crippen LogP contribution in [0.1, 0.15) is 29.8 Å². The third kappa shape index (κ3) is 4.89. The van der Waals surface area contributed by atoms with Crippen molar-refractivity contribution in [2.24, 2.45) is 0 Å². The van der Waals surface area contributed by atoms with Crippen molar-refractivity contribution in [2.75, 3.05) is 34.2 Å². The van der Waals surface area contributed by atoms with Gasteiger partial charge in [0.25, 0.3) is 5.91 Å². The average molecular weight is 520 g/mol. The van der Waals surface area contributed by atoms with Crippen LogP contribution < -0.4 is 18.9 Å². The molecule has 0 saturated carbocycles. The number of carbonyl (C=O) groups is 1. The van der Waals surface area contributed by atoms with Crippen LogP contribution in [0.5, 0.6) is 23.0 Å². The SMILES string of the molecule is COc1ccc(Br)c(C(=O)N(CCc2ccc3c(c2)OCO3)C2=COC(C)(C)OC2)c1OC. The molecule has 2 heterocycles. The highest BCUT2D eigenvalue weighted by molar-refractivity contribution is 9.10. The number of amides is 1. The molecular formula is C24H26BrNO7. The van der Waals surface area contributed by atoms with Gasteiger partial charge in [0.15, 0.2) is 23.0 Å². The molecule has 0 aromatic heterocycles. The fourth-order valence-electron chi connectivity index (χ4n) is 3.62. The van der Waals surface area contributed by atoms with Gasteiger partial charge in [-0.25, -0.2) is 0 Å². The molecule has 0 saturated heterocycles. The lowest BCUT2D eigenvalue weighted by Crippen LogP contribution is -2.40. The summed E-state index contributed by atoms with van der Waals surface area (Å²) in [7, 11) is 3.04. The molecule has 0 atom stereocenters. The van der Waals surface area contributed by atoms with Crippen LogP contribution in [0.3, 0.4) is 0 Å². The summed E-state index contributed by atoms with van der Waals surface area (Å²) in [6.07, 6.45) is 2.16. The highest BCUT2D eigenvalue weighted by Crippen LogP contribution is 2.38. The van der Waals surface area contributed by atoms with E-state index in [0.29, 0.717) is 45.9 Å². The first kappa shape index (κ1) is 23.3. The van der Waals surface area contributed by atoms with E-state index >= 15 is 0 Å². The Labute approximate surface area is 201 Å². The standard InChI is InChI=1S/C24H26BrNO7/c1-24(2)32-12-16(13-33-24)26(10-9-15-5-7-18-20(11-15)31-14-30-18)23(27)21-17(25)6-8-19(28-3)22(21)29-4/h5-8,11-12H,9-10,13-14H2,1-4H3. The lowest BCUT2D eigenvalue weighted by Gasteiger charge is -2.34. The predicted octanol–water partition coefficient (Wildman–Crippen LogP) is 4.50. The molecule has 0 fully saturated rings. The van der Waals surface area contributed by atoms with Crippen molar-refractivity contribution in [3.63, 3.8) is 0 Å². The first-order chi connectivity index (χ1) is 15.8. The Morgan fingerprint density at radius 3 is 2.61 bits per heavy atom. The summed E-state index contributed by atoms with van der Waals surface area (Å²) in [5.74, 6) is 1.21. The van der Waals surface area contributed by atoms with Crippen LogP contribution in [0, 0.1) is 0 Å². The van der Waals surface area contributed by atoms with Gasteiger partial charge in [0.1, 0.15) is 6.26 Å². The summed E-state index contributed by atoms with van der Waals surface area (Å²) < 4.78 is 33.9. The first-order valence-corrected chi connectivity index (χ1v) is 11.2. The van der Waals surface area contributed by atoms with Crippen LogP contribution >= 0.6 is 15.9 Å². The largest absolute Gasteiger partial charge is 0.493 e. The van der Waals surface area contributed by atoms with Gasteiger partial charge in [0.2, 0.25) is 12.6 Å². The summed E-state index contributed by atoms with van der Waals surface area (Å²) in [6, 6.07) is 9.27. The van der Waals surface area contributed by atoms with Crippen LogP contribution in [0.15, 0.2) is 46.8 Å². The molecule has 0 spiro atoms. The minimum atomic E-state index is -0.760. The number of hydrogen-bond acceptors (Lipinski definition) is 7. The third-order valence-electron chi connectivity index (χ3n) is 5.41. The zero-order chi connectivity index (χ0) is 23.6. The Bertz CT molecular complexity index is 1080. The quantitative estimate of drug-likeness (QED) is 0.532. The fourth-order valence-corrected chi connectivity index (χ4v) is 4.10. The van der Waals surface area contributed by atoms with E-state index in [2.05, 4.69) is 15.9 Å². The van der Waals surface area contributed by atoms with Crippen molar-refractivity contribution in [2.45, 2.75) is 26.1 Å². The minimum Gasteiger partial charge on any atom is -0.493 e. The Morgan fingerprint density at radius 1 is 1.12 bits per heavy atom. The second-order valence-corrected chi connectivity index (χ2v) is 8.82. The molecule has 33 heavy (non-hydrogen) atoms. The number of carbonyl (C=O) groups excluding carboxylic acids is 1. The Morgan fingerprint density at radius 2 is 1.91 bits per heavy atom. The van der Waals surface area contributed by atoms with Crippen molar-refractivity contribution < 1.29 is 33.2 Å². The van der Waals surface area contributed by atoms with Gasteiger partial charge in [-0.1, -0.05) is 6.07 Å². The molecule has 2 aromatic carbocycles. The number of benzene rings is 2. The maximum absolute atomic E-state index is 13.8. The molecule has 9 heteroatoms. The highest BCUT2D eigenvalue weighted by atomic mass is 79.9. The lowest BCUT2D eigenvalue weighted by molar-refractivity contribution is -0.193. The van der Waals surface area contributed by atoms with Gasteiger partial charge in [0.05, 0.1) is 32.1 Å². The molecule has 0 bridgehead atoms. The number of methoxy groups -OCH3 is 2. The number of ether oxygens (including phenoxy) is 6. The van der Waals surface area contributed by atoms with E-state index in [1.807, 2.05) is 32.0 Å². The van der Waals surface area contributed by atoms with E-state index in [1.165, 1.54) is 14.2 Å². The molecule has 0 aliphatic carbocycles. The topological polar surface area (TPSA) is 75.7 Å². The zero-order valence-corrected chi connectivity index (χ0v) is 20.6. The molecule has 2 aromatic rings. The lowest BCUT2D eigenvalue weighted by atomic mass is 10.1. The van der Waals surface area contributed by atoms with E-state index in [1.54, 1.807) is 23.3 Å². The maximum Gasteiger partial charge on any atom is 0.263 e. The van der Waals surface area contributed by atoms with Gasteiger partial charge >= 0.3 is 0 Å². The first-order valence-electron chi connectivity index (χ1n) is 10.4. The highest BCUT2D eigenvalue weighted by Gasteiger charge is 2.32. The van der Waals surface area contributed by atoms with E-state index in [4.69, 9.17) is 28.4 Å². The maximum atomic E-state index is 13.8. The zero-order valence-electron chi connectivity index (χ0n) is 19.0. The molecule has 2 aliphatic rings. The molecular weight excluding hydrogens is 494 g/mol. The summed E-state index contributed by atoms with van der Waals surface area (Å²) >= 11 is 3.50. The van der Waals surface area contributed by atoms with Crippen molar-refractivity contribution in [3.8, 4) is 23.0 Å². The van der Waals surface area contributed by atoms with Crippen molar-refractivity contribution in [1.29, 1.82) is 0 Å². The van der Waals surface area contributed by atoms with Crippen LogP contribution in [0.25, 0.3) is 0 Å². The van der Waals surface area contributed by atoms with Crippen LogP contribution in [-0.4, -0.2) is 50.8 Å². The van der Waals surface area contributed by atoms with Crippen molar-refractivity contribution in [1.82, 2.24) is 4.90 Å². The van der Waals surface area contributed by atoms with Gasteiger partial charge < -0.3 is 33.3 Å². The van der Waals surface area contributed by atoms with Crippen LogP contribution in [0.2, 0.25) is 0 Å². The molecule has 0 unspecified atom stereocenters. The molecule has 176 valence electrons. The van der Waals surface area contributed by atoms with Crippen molar-refractivity contribution >= 4 is 21.8 Å². The number of hydrogen-bond donors (Lipinski definition) is 0. The second kappa shape index (κ2) is 9.52. The molecule has 8 nitrogen and oxygen atoms in total. The monoisotopic (exact) mass is 519 g/mol. The molecule has 0 radical (unpaired) electrons. The summed E-state index contributed by atoms with van der Waals surface area (Å²) in [4.78, 5) is 15.5. The normalized spacial score (nSPS) is 16.0. The van der Waals surface area contributed by atoms with Crippen molar-refractivity contribution in [3.05, 3.63) is 57.9 Å². The minimum absolute atomic E-state index is 0.213. The number of nitrogens with zero attached hydrogens (tertiary/aromatic N) is 1. The molecule has 0 N–H and O–H groups in total. The van der Waals surface area contributed by atoms with Gasteiger partial charge in [0, 0.05) is 24.9 Å². The van der Waals surface area contributed by atoms with E-state index in [9.17, 15) is 4.79 Å². The van der Waals surface area contributed by atoms with E-state index < -0.39 is 5.79 Å². The van der Waals surface area contributed by atoms with E-state index in [-0.39, 0.29) is 19.3 Å². The third-order valence-corrected chi connectivity index (χ3v) is 6.07. The van der Waals surface area contributed by atoms with Gasteiger partial charge in [-0.05, 0) is 52.2 Å². The van der Waals surface area contributed by atoms with Crippen LogP contribution in [0.4, 0.5) is 0 Å². The number of halogens is 1. The summed E-state index contributed by atoms with van der Waals surface area (Å²) in [5.41, 5.74) is 1.97. The Balaban J connectivity index is 1.66. The predicted molar refractivity (Wildman–Crippen MR) is 124 cm³/mol. The fraction of sp³-hybridized carbons (Fsp3) is 0.375. The van der Waals surface area contributed by atoms with Gasteiger partial charge in [-0.2, -0.15) is 0 Å². The Hall–Kier alpha value is -2.91. The van der Waals surface area contributed by atoms with Gasteiger partial charge in [-0.15, -0.1) is 0 Å². The van der Waals surface area contributed by atoms with Crippen LogP contribution in [-0.2, 0) is 15.9 Å². The summed E-state index contributed by atoms with van der Waals surface area (Å²) in [6.45, 7) is 4.46. The molecule has 2 aliphatic heterocycles. The smallest absolute Gasteiger partial charge is 0.263 e. The molecule has 1 amide bonds. The summed E-state index contributed by atoms with van der Waals surface area (Å²) in [5, 5.41) is 0. The molecule has 4 rings (SSSR count).